The first-order valence-corrected chi connectivity index (χ1v) is 28.1. The Morgan fingerprint density at radius 1 is 0.625 bits per heavy atom. The van der Waals surface area contributed by atoms with E-state index in [1.807, 2.05) is 20.8 Å². The van der Waals surface area contributed by atoms with Crippen LogP contribution in [0.5, 0.6) is 0 Å². The second kappa shape index (κ2) is 24.8. The van der Waals surface area contributed by atoms with Gasteiger partial charge in [-0.15, -0.1) is 0 Å². The van der Waals surface area contributed by atoms with Gasteiger partial charge < -0.3 is 33.6 Å². The first-order valence-electron chi connectivity index (χ1n) is 20.5. The van der Waals surface area contributed by atoms with Crippen molar-refractivity contribution in [3.05, 3.63) is 0 Å². The van der Waals surface area contributed by atoms with Gasteiger partial charge in [0.25, 0.3) is 10.1 Å². The Hall–Kier alpha value is -1.24. The zero-order chi connectivity index (χ0) is 45.4. The summed E-state index contributed by atoms with van der Waals surface area (Å²) in [6, 6.07) is 0. The first kappa shape index (κ1) is 59.1. The Morgan fingerprint density at radius 3 is 1.25 bits per heavy atom. The van der Waals surface area contributed by atoms with Crippen LogP contribution in [0.15, 0.2) is 0 Å². The minimum absolute atomic E-state index is 0.00825. The third kappa shape index (κ3) is 29.9. The number of carbonyl (C=O) groups excluding carboxylic acids is 1. The summed E-state index contributed by atoms with van der Waals surface area (Å²) in [6.45, 7) is 47.5. The molecule has 0 aromatic rings. The summed E-state index contributed by atoms with van der Waals surface area (Å²) in [6.07, 6.45) is -1.29. The SMILES string of the molecule is CC(C)(C)OC(=O)N1CC(O)CC(O[Si](C)(C)C(C)(C)C)C1.CC(C)(C)[Si](C)(C)O[C@@H]1C[C@H](OS(C)(=O)=O)CN(C(=O)O)C1.CC(C)C.CC(C)C.CC(C)C. The molecule has 2 amide bonds. The number of ether oxygens (including phenoxy) is 1. The number of carboxylic acid groups (broad SMARTS) is 1. The van der Waals surface area contributed by atoms with Crippen LogP contribution in [0.4, 0.5) is 9.59 Å². The molecule has 2 aliphatic heterocycles. The molecule has 2 unspecified atom stereocenters. The highest BCUT2D eigenvalue weighted by Crippen LogP contribution is 2.39. The van der Waals surface area contributed by atoms with E-state index < -0.39 is 50.7 Å². The molecule has 15 heteroatoms. The molecule has 12 nitrogen and oxygen atoms in total. The molecular formula is C41H90N2O10SSi2. The monoisotopic (exact) mass is 859 g/mol. The summed E-state index contributed by atoms with van der Waals surface area (Å²) in [5.41, 5.74) is -0.532. The number of aliphatic hydroxyl groups is 1. The number of hydrogen-bond acceptors (Lipinski definition) is 9. The average molecular weight is 859 g/mol. The molecule has 0 aromatic carbocycles. The van der Waals surface area contributed by atoms with E-state index in [1.165, 1.54) is 0 Å². The first-order chi connectivity index (χ1) is 24.6. The van der Waals surface area contributed by atoms with Gasteiger partial charge in [-0.1, -0.05) is 104 Å². The highest BCUT2D eigenvalue weighted by atomic mass is 32.2. The van der Waals surface area contributed by atoms with Crippen molar-refractivity contribution in [3.8, 4) is 0 Å². The maximum Gasteiger partial charge on any atom is 0.410 e. The van der Waals surface area contributed by atoms with Gasteiger partial charge in [0.05, 0.1) is 43.8 Å². The lowest BCUT2D eigenvalue weighted by atomic mass is 10.1. The maximum atomic E-state index is 12.2. The quantitative estimate of drug-likeness (QED) is 0.195. The maximum absolute atomic E-state index is 12.2. The Bertz CT molecular complexity index is 1200. The lowest BCUT2D eigenvalue weighted by Gasteiger charge is -2.43. The number of carbonyl (C=O) groups is 2. The Morgan fingerprint density at radius 2 is 0.946 bits per heavy atom. The van der Waals surface area contributed by atoms with Gasteiger partial charge in [0.15, 0.2) is 16.6 Å². The van der Waals surface area contributed by atoms with Gasteiger partial charge in [0.2, 0.25) is 0 Å². The van der Waals surface area contributed by atoms with Crippen molar-refractivity contribution in [3.63, 3.8) is 0 Å². The van der Waals surface area contributed by atoms with Crippen LogP contribution in [0.3, 0.4) is 0 Å². The van der Waals surface area contributed by atoms with Crippen LogP contribution in [0, 0.1) is 17.8 Å². The number of aliphatic hydroxyl groups excluding tert-OH is 1. The second-order valence-electron chi connectivity index (χ2n) is 21.3. The van der Waals surface area contributed by atoms with Crippen LogP contribution in [-0.4, -0.2) is 120 Å². The number of nitrogens with zero attached hydrogens (tertiary/aromatic N) is 2. The van der Waals surface area contributed by atoms with Gasteiger partial charge in [-0.25, -0.2) is 9.59 Å². The van der Waals surface area contributed by atoms with E-state index in [4.69, 9.17) is 17.8 Å². The fraction of sp³-hybridized carbons (Fsp3) is 0.951. The van der Waals surface area contributed by atoms with E-state index >= 15 is 0 Å². The van der Waals surface area contributed by atoms with Crippen molar-refractivity contribution >= 4 is 38.9 Å². The highest BCUT2D eigenvalue weighted by Gasteiger charge is 2.43. The van der Waals surface area contributed by atoms with Crippen molar-refractivity contribution in [1.29, 1.82) is 0 Å². The number of hydrogen-bond donors (Lipinski definition) is 2. The van der Waals surface area contributed by atoms with Crippen LogP contribution in [-0.2, 0) is 27.9 Å². The van der Waals surface area contributed by atoms with Gasteiger partial charge in [0.1, 0.15) is 5.60 Å². The van der Waals surface area contributed by atoms with Gasteiger partial charge in [-0.05, 0) is 74.8 Å². The second-order valence-corrected chi connectivity index (χ2v) is 32.4. The van der Waals surface area contributed by atoms with E-state index in [-0.39, 0.29) is 41.5 Å². The highest BCUT2D eigenvalue weighted by molar-refractivity contribution is 7.86. The van der Waals surface area contributed by atoms with Gasteiger partial charge >= 0.3 is 12.2 Å². The molecule has 2 rings (SSSR count). The fourth-order valence-corrected chi connectivity index (χ4v) is 7.69. The van der Waals surface area contributed by atoms with Crippen molar-refractivity contribution in [2.24, 2.45) is 17.8 Å². The van der Waals surface area contributed by atoms with Crippen LogP contribution in [0.25, 0.3) is 0 Å². The molecule has 0 aromatic heterocycles. The molecule has 338 valence electrons. The zero-order valence-corrected chi connectivity index (χ0v) is 43.1. The Labute approximate surface area is 347 Å². The van der Waals surface area contributed by atoms with Crippen LogP contribution < -0.4 is 0 Å². The molecule has 2 fully saturated rings. The van der Waals surface area contributed by atoms with Crippen molar-refractivity contribution in [1.82, 2.24) is 9.80 Å². The van der Waals surface area contributed by atoms with Crippen LogP contribution in [0.1, 0.15) is 137 Å². The van der Waals surface area contributed by atoms with E-state index in [0.717, 1.165) is 28.9 Å². The molecule has 2 aliphatic rings. The largest absolute Gasteiger partial charge is 0.465 e. The summed E-state index contributed by atoms with van der Waals surface area (Å²) < 4.78 is 45.6. The third-order valence-corrected chi connectivity index (χ3v) is 18.2. The molecule has 2 N–H and O–H groups in total. The molecule has 4 atom stereocenters. The van der Waals surface area contributed by atoms with Gasteiger partial charge in [-0.3, -0.25) is 4.18 Å². The number of amides is 2. The zero-order valence-electron chi connectivity index (χ0n) is 40.2. The van der Waals surface area contributed by atoms with Crippen molar-refractivity contribution in [2.45, 2.75) is 204 Å². The number of β-amino-alcohol motifs (C(OH)–C–C–N with tert-alkyl or cyclic N) is 1. The number of piperidine rings is 2. The number of rotatable bonds is 6. The minimum Gasteiger partial charge on any atom is -0.465 e. The number of likely N-dealkylation sites (tertiary alicyclic amines) is 2. The standard InChI is InChI=1S/C16H33NO4Si.C13H27NO6SSi.3C4H10/c1-15(2,3)20-14(19)17-10-12(18)9-13(11-17)21-22(7,8)16(4,5)6;1-13(2,3)22(5,6)20-11-7-10(19-21(4,17)18)8-14(9-11)12(15)16;3*1-4(2)3/h12-13,18H,9-11H2,1-8H3;10-11H,7-9H2,1-6H3,(H,15,16);3*4H,1-3H3/t;10-,11+;;;/m.0.../s1. The predicted molar refractivity (Wildman–Crippen MR) is 238 cm³/mol. The summed E-state index contributed by atoms with van der Waals surface area (Å²) in [5, 5.41) is 19.4. The molecule has 0 radical (unpaired) electrons. The molecule has 56 heavy (non-hydrogen) atoms. The minimum atomic E-state index is -3.63. The van der Waals surface area contributed by atoms with Gasteiger partial charge in [0, 0.05) is 25.9 Å². The van der Waals surface area contributed by atoms with E-state index in [2.05, 4.69) is 130 Å². The van der Waals surface area contributed by atoms with Crippen LogP contribution in [0.2, 0.25) is 36.3 Å². The van der Waals surface area contributed by atoms with Gasteiger partial charge in [-0.2, -0.15) is 8.42 Å². The molecule has 0 aliphatic carbocycles. The average Bonchev–Trinajstić information content (AvgIpc) is 2.88. The molecular weight excluding hydrogens is 769 g/mol. The summed E-state index contributed by atoms with van der Waals surface area (Å²) in [4.78, 5) is 26.2. The molecule has 0 saturated carbocycles. The fourth-order valence-electron chi connectivity index (χ4n) is 4.34. The molecule has 2 saturated heterocycles. The normalized spacial score (nSPS) is 21.1. The van der Waals surface area contributed by atoms with E-state index in [0.29, 0.717) is 25.9 Å². The topological polar surface area (TPSA) is 152 Å². The Kier molecular flexibility index (Phi) is 26.1. The summed E-state index contributed by atoms with van der Waals surface area (Å²) in [5.74, 6) is 2.50. The summed E-state index contributed by atoms with van der Waals surface area (Å²) in [7, 11) is -7.62. The molecule has 0 bridgehead atoms. The lowest BCUT2D eigenvalue weighted by Crippen LogP contribution is -2.54. The molecule has 0 spiro atoms. The predicted octanol–water partition coefficient (Wildman–Crippen LogP) is 10.5. The van der Waals surface area contributed by atoms with Crippen molar-refractivity contribution < 1.29 is 46.0 Å². The smallest absolute Gasteiger partial charge is 0.410 e. The van der Waals surface area contributed by atoms with E-state index in [1.54, 1.807) is 4.90 Å². The Balaban J connectivity index is -0.000000778. The van der Waals surface area contributed by atoms with Crippen LogP contribution >= 0.6 is 0 Å². The van der Waals surface area contributed by atoms with Crippen molar-refractivity contribution in [2.75, 3.05) is 32.4 Å². The third-order valence-electron chi connectivity index (χ3n) is 8.53. The summed E-state index contributed by atoms with van der Waals surface area (Å²) >= 11 is 0. The molecule has 2 heterocycles. The van der Waals surface area contributed by atoms with E-state index in [9.17, 15) is 28.2 Å². The lowest BCUT2D eigenvalue weighted by molar-refractivity contribution is -0.0261.